The summed E-state index contributed by atoms with van der Waals surface area (Å²) in [7, 11) is -4.56. The van der Waals surface area contributed by atoms with Crippen molar-refractivity contribution in [3.63, 3.8) is 0 Å². The molecule has 0 saturated heterocycles. The van der Waals surface area contributed by atoms with E-state index in [1.807, 2.05) is 0 Å². The Morgan fingerprint density at radius 1 is 1.04 bits per heavy atom. The van der Waals surface area contributed by atoms with E-state index in [0.29, 0.717) is 0 Å². The second-order valence-corrected chi connectivity index (χ2v) is 7.59. The Bertz CT molecular complexity index is 598. The summed E-state index contributed by atoms with van der Waals surface area (Å²) in [5.41, 5.74) is 5.20. The van der Waals surface area contributed by atoms with Crippen LogP contribution in [0, 0.1) is 5.92 Å². The first-order valence-electron chi connectivity index (χ1n) is 8.19. The first-order chi connectivity index (χ1) is 13.0. The van der Waals surface area contributed by atoms with Gasteiger partial charge in [0.2, 0.25) is 5.91 Å². The van der Waals surface area contributed by atoms with E-state index in [0.717, 1.165) is 0 Å². The van der Waals surface area contributed by atoms with Crippen LogP contribution in [0.15, 0.2) is 0 Å². The van der Waals surface area contributed by atoms with Crippen molar-refractivity contribution in [1.82, 2.24) is 5.32 Å². The second-order valence-electron chi connectivity index (χ2n) is 5.69. The van der Waals surface area contributed by atoms with E-state index in [4.69, 9.17) is 25.8 Å². The molecule has 0 radical (unpaired) electrons. The van der Waals surface area contributed by atoms with Gasteiger partial charge in [-0.25, -0.2) is 4.79 Å². The number of carbonyl (C=O) groups is 4. The lowest BCUT2D eigenvalue weighted by Crippen LogP contribution is -2.44. The SMILES string of the molecule is NCCOCCC(=O)N[C@@H](COP(=O)(O)CC(CCC(=O)O)C(=O)O)C(=O)O. The van der Waals surface area contributed by atoms with Gasteiger partial charge in [0.25, 0.3) is 0 Å². The van der Waals surface area contributed by atoms with Crippen molar-refractivity contribution >= 4 is 31.4 Å². The van der Waals surface area contributed by atoms with Crippen LogP contribution in [0.4, 0.5) is 0 Å². The van der Waals surface area contributed by atoms with E-state index in [9.17, 15) is 28.6 Å². The third-order valence-corrected chi connectivity index (χ3v) is 4.77. The number of nitrogens with two attached hydrogens (primary N) is 1. The Morgan fingerprint density at radius 2 is 1.68 bits per heavy atom. The molecule has 0 heterocycles. The van der Waals surface area contributed by atoms with Gasteiger partial charge in [-0.3, -0.25) is 18.9 Å². The quantitative estimate of drug-likeness (QED) is 0.124. The second kappa shape index (κ2) is 13.2. The highest BCUT2D eigenvalue weighted by atomic mass is 31.2. The summed E-state index contributed by atoms with van der Waals surface area (Å²) < 4.78 is 21.6. The van der Waals surface area contributed by atoms with Crippen molar-refractivity contribution in [2.24, 2.45) is 11.7 Å². The van der Waals surface area contributed by atoms with Gasteiger partial charge < -0.3 is 40.5 Å². The smallest absolute Gasteiger partial charge is 0.329 e. The molecule has 1 amide bonds. The molecule has 14 heteroatoms. The number of amides is 1. The van der Waals surface area contributed by atoms with Crippen LogP contribution in [-0.4, -0.2) is 82.6 Å². The predicted octanol–water partition coefficient (Wildman–Crippen LogP) is -1.31. The lowest BCUT2D eigenvalue weighted by atomic mass is 10.1. The lowest BCUT2D eigenvalue weighted by Gasteiger charge is -2.19. The monoisotopic (exact) mass is 428 g/mol. The van der Waals surface area contributed by atoms with Gasteiger partial charge in [-0.1, -0.05) is 0 Å². The molecule has 0 fully saturated rings. The average Bonchev–Trinajstić information content (AvgIpc) is 2.58. The van der Waals surface area contributed by atoms with Crippen molar-refractivity contribution < 1.29 is 53.2 Å². The first-order valence-corrected chi connectivity index (χ1v) is 9.95. The van der Waals surface area contributed by atoms with E-state index in [-0.39, 0.29) is 26.2 Å². The van der Waals surface area contributed by atoms with Crippen LogP contribution in [0.1, 0.15) is 19.3 Å². The number of ether oxygens (including phenoxy) is 1. The summed E-state index contributed by atoms with van der Waals surface area (Å²) in [6.07, 6.45) is -2.00. The molecule has 0 aromatic heterocycles. The molecule has 0 rings (SSSR count). The third kappa shape index (κ3) is 12.4. The largest absolute Gasteiger partial charge is 0.481 e. The highest BCUT2D eigenvalue weighted by Gasteiger charge is 2.32. The molecule has 0 aliphatic rings. The Morgan fingerprint density at radius 3 is 2.18 bits per heavy atom. The summed E-state index contributed by atoms with van der Waals surface area (Å²) in [4.78, 5) is 54.2. The van der Waals surface area contributed by atoms with Crippen LogP contribution in [0.25, 0.3) is 0 Å². The van der Waals surface area contributed by atoms with E-state index in [1.54, 1.807) is 0 Å². The van der Waals surface area contributed by atoms with E-state index < -0.39 is 69.0 Å². The molecule has 13 nitrogen and oxygen atoms in total. The summed E-state index contributed by atoms with van der Waals surface area (Å²) in [5.74, 6) is -6.46. The summed E-state index contributed by atoms with van der Waals surface area (Å²) >= 11 is 0. The van der Waals surface area contributed by atoms with Crippen LogP contribution in [0.5, 0.6) is 0 Å². The molecule has 0 bridgehead atoms. The van der Waals surface area contributed by atoms with E-state index >= 15 is 0 Å². The maximum absolute atomic E-state index is 12.0. The molecule has 7 N–H and O–H groups in total. The van der Waals surface area contributed by atoms with Crippen molar-refractivity contribution in [2.45, 2.75) is 25.3 Å². The number of rotatable bonds is 16. The zero-order valence-electron chi connectivity index (χ0n) is 15.0. The normalized spacial score (nSPS) is 15.2. The Balaban J connectivity index is 4.66. The van der Waals surface area contributed by atoms with Crippen LogP contribution in [-0.2, 0) is 33.0 Å². The first kappa shape index (κ1) is 26.0. The Labute approximate surface area is 160 Å². The van der Waals surface area contributed by atoms with E-state index in [1.165, 1.54) is 0 Å². The molecule has 0 aliphatic heterocycles. The molecular weight excluding hydrogens is 403 g/mol. The predicted molar refractivity (Wildman–Crippen MR) is 92.7 cm³/mol. The van der Waals surface area contributed by atoms with Crippen LogP contribution in [0.3, 0.4) is 0 Å². The van der Waals surface area contributed by atoms with Crippen LogP contribution < -0.4 is 11.1 Å². The van der Waals surface area contributed by atoms with Crippen LogP contribution in [0.2, 0.25) is 0 Å². The van der Waals surface area contributed by atoms with Crippen molar-refractivity contribution in [3.05, 3.63) is 0 Å². The average molecular weight is 428 g/mol. The molecule has 162 valence electrons. The molecule has 0 saturated carbocycles. The standard InChI is InChI=1S/C14H25N2O11P/c15-4-6-26-5-3-11(17)16-10(14(22)23)7-27-28(24,25)8-9(13(20)21)1-2-12(18)19/h9-10H,1-8,15H2,(H,16,17)(H,18,19)(H,20,21)(H,22,23)(H,24,25)/t9?,10-/m0/s1. The third-order valence-electron chi connectivity index (χ3n) is 3.32. The highest BCUT2D eigenvalue weighted by Crippen LogP contribution is 2.44. The van der Waals surface area contributed by atoms with Gasteiger partial charge in [-0.2, -0.15) is 0 Å². The molecule has 0 aliphatic carbocycles. The minimum atomic E-state index is -4.56. The number of nitrogens with one attached hydrogen (secondary N) is 1. The van der Waals surface area contributed by atoms with Gasteiger partial charge in [0, 0.05) is 19.4 Å². The fraction of sp³-hybridized carbons (Fsp3) is 0.714. The number of hydrogen-bond donors (Lipinski definition) is 6. The summed E-state index contributed by atoms with van der Waals surface area (Å²) in [6, 6.07) is -1.65. The maximum Gasteiger partial charge on any atom is 0.329 e. The molecule has 3 atom stereocenters. The van der Waals surface area contributed by atoms with Gasteiger partial charge >= 0.3 is 25.5 Å². The van der Waals surface area contributed by atoms with Crippen LogP contribution >= 0.6 is 7.60 Å². The van der Waals surface area contributed by atoms with E-state index in [2.05, 4.69) is 9.84 Å². The van der Waals surface area contributed by atoms with Crippen molar-refractivity contribution in [1.29, 1.82) is 0 Å². The molecule has 28 heavy (non-hydrogen) atoms. The molecule has 2 unspecified atom stereocenters. The fourth-order valence-corrected chi connectivity index (χ4v) is 3.29. The van der Waals surface area contributed by atoms with Gasteiger partial charge in [0.15, 0.2) is 6.04 Å². The minimum absolute atomic E-state index is 0.00140. The van der Waals surface area contributed by atoms with Gasteiger partial charge in [-0.05, 0) is 6.42 Å². The Hall–Kier alpha value is -2.05. The highest BCUT2D eigenvalue weighted by molar-refractivity contribution is 7.52. The topological polar surface area (TPSA) is 223 Å². The summed E-state index contributed by atoms with van der Waals surface area (Å²) in [6.45, 7) is -0.412. The van der Waals surface area contributed by atoms with Gasteiger partial charge in [0.1, 0.15) is 0 Å². The number of carbonyl (C=O) groups excluding carboxylic acids is 1. The van der Waals surface area contributed by atoms with Crippen molar-refractivity contribution in [2.75, 3.05) is 32.5 Å². The minimum Gasteiger partial charge on any atom is -0.481 e. The number of carboxylic acid groups (broad SMARTS) is 3. The lowest BCUT2D eigenvalue weighted by molar-refractivity contribution is -0.143. The number of carboxylic acids is 3. The number of hydrogen-bond acceptors (Lipinski definition) is 8. The zero-order chi connectivity index (χ0) is 21.7. The molecular formula is C14H25N2O11P. The maximum atomic E-state index is 12.0. The Kier molecular flexibility index (Phi) is 12.2. The van der Waals surface area contributed by atoms with Crippen molar-refractivity contribution in [3.8, 4) is 0 Å². The fourth-order valence-electron chi connectivity index (χ4n) is 1.90. The molecule has 0 spiro atoms. The van der Waals surface area contributed by atoms with Gasteiger partial charge in [0.05, 0.1) is 31.9 Å². The van der Waals surface area contributed by atoms with Gasteiger partial charge in [-0.15, -0.1) is 0 Å². The molecule has 0 aromatic carbocycles. The zero-order valence-corrected chi connectivity index (χ0v) is 15.9. The molecule has 0 aromatic rings. The summed E-state index contributed by atoms with van der Waals surface area (Å²) in [5, 5.41) is 28.7. The number of aliphatic carboxylic acids is 3.